The van der Waals surface area contributed by atoms with Crippen LogP contribution in [0.1, 0.15) is 45.4 Å². The van der Waals surface area contributed by atoms with E-state index in [1.54, 1.807) is 5.57 Å². The fourth-order valence-corrected chi connectivity index (χ4v) is 2.77. The van der Waals surface area contributed by atoms with Crippen molar-refractivity contribution in [3.63, 3.8) is 0 Å². The molecule has 1 heteroatoms. The van der Waals surface area contributed by atoms with Crippen LogP contribution in [0.3, 0.4) is 0 Å². The van der Waals surface area contributed by atoms with Crippen molar-refractivity contribution < 1.29 is 0 Å². The van der Waals surface area contributed by atoms with Crippen LogP contribution in [0, 0.1) is 5.41 Å². The predicted molar refractivity (Wildman–Crippen MR) is 56.8 cm³/mol. The van der Waals surface area contributed by atoms with E-state index in [9.17, 15) is 0 Å². The number of nitrogens with one attached hydrogen (secondary N) is 1. The Labute approximate surface area is 81.6 Å². The molecule has 74 valence electrons. The standard InChI is InChI=1S/C12H21N/c1-11-3-2-5-12(6-4-11)7-9-13-10-8-12/h3,13H,2,4-10H2,1H3. The molecule has 1 fully saturated rings. The summed E-state index contributed by atoms with van der Waals surface area (Å²) < 4.78 is 0. The first-order valence-corrected chi connectivity index (χ1v) is 5.67. The minimum atomic E-state index is 0.708. The van der Waals surface area contributed by atoms with Crippen molar-refractivity contribution in [2.24, 2.45) is 5.41 Å². The molecule has 1 spiro atoms. The topological polar surface area (TPSA) is 12.0 Å². The Kier molecular flexibility index (Phi) is 2.73. The minimum absolute atomic E-state index is 0.708. The quantitative estimate of drug-likeness (QED) is 0.564. The summed E-state index contributed by atoms with van der Waals surface area (Å²) in [5.74, 6) is 0. The Bertz CT molecular complexity index is 199. The summed E-state index contributed by atoms with van der Waals surface area (Å²) >= 11 is 0. The number of hydrogen-bond donors (Lipinski definition) is 1. The highest BCUT2D eigenvalue weighted by Crippen LogP contribution is 2.41. The second kappa shape index (κ2) is 3.83. The molecule has 2 rings (SSSR count). The van der Waals surface area contributed by atoms with Crippen LogP contribution in [-0.2, 0) is 0 Å². The molecule has 1 heterocycles. The maximum absolute atomic E-state index is 3.47. The van der Waals surface area contributed by atoms with Gasteiger partial charge in [0.1, 0.15) is 0 Å². The molecule has 0 aromatic carbocycles. The maximum Gasteiger partial charge on any atom is -0.00436 e. The maximum atomic E-state index is 3.47. The highest BCUT2D eigenvalue weighted by molar-refractivity contribution is 5.04. The van der Waals surface area contributed by atoms with E-state index in [1.165, 1.54) is 51.6 Å². The number of rotatable bonds is 0. The van der Waals surface area contributed by atoms with Gasteiger partial charge in [0.05, 0.1) is 0 Å². The van der Waals surface area contributed by atoms with Crippen molar-refractivity contribution in [3.8, 4) is 0 Å². The van der Waals surface area contributed by atoms with Gasteiger partial charge in [-0.1, -0.05) is 11.6 Å². The van der Waals surface area contributed by atoms with Crippen LogP contribution in [0.25, 0.3) is 0 Å². The lowest BCUT2D eigenvalue weighted by Crippen LogP contribution is -2.36. The molecule has 0 radical (unpaired) electrons. The lowest BCUT2D eigenvalue weighted by atomic mass is 9.73. The highest BCUT2D eigenvalue weighted by atomic mass is 14.9. The van der Waals surface area contributed by atoms with Crippen molar-refractivity contribution in [1.29, 1.82) is 0 Å². The molecule has 2 aliphatic rings. The Morgan fingerprint density at radius 3 is 2.69 bits per heavy atom. The molecule has 13 heavy (non-hydrogen) atoms. The molecule has 0 unspecified atom stereocenters. The molecule has 0 aromatic rings. The van der Waals surface area contributed by atoms with Crippen LogP contribution in [0.15, 0.2) is 11.6 Å². The van der Waals surface area contributed by atoms with Crippen LogP contribution in [0.2, 0.25) is 0 Å². The summed E-state index contributed by atoms with van der Waals surface area (Å²) in [5.41, 5.74) is 2.33. The van der Waals surface area contributed by atoms with E-state index in [1.807, 2.05) is 0 Å². The summed E-state index contributed by atoms with van der Waals surface area (Å²) in [6.45, 7) is 4.79. The Morgan fingerprint density at radius 2 is 1.92 bits per heavy atom. The van der Waals surface area contributed by atoms with Gasteiger partial charge < -0.3 is 5.32 Å². The molecule has 0 amide bonds. The molecule has 1 aliphatic heterocycles. The Balaban J connectivity index is 1.99. The molecule has 1 N–H and O–H groups in total. The van der Waals surface area contributed by atoms with E-state index in [0.29, 0.717) is 5.41 Å². The van der Waals surface area contributed by atoms with Crippen LogP contribution < -0.4 is 5.32 Å². The highest BCUT2D eigenvalue weighted by Gasteiger charge is 2.31. The zero-order chi connectivity index (χ0) is 9.15. The zero-order valence-electron chi connectivity index (χ0n) is 8.73. The smallest absolute Gasteiger partial charge is 0.00436 e. The predicted octanol–water partition coefficient (Wildman–Crippen LogP) is 2.88. The van der Waals surface area contributed by atoms with Crippen molar-refractivity contribution >= 4 is 0 Å². The summed E-state index contributed by atoms with van der Waals surface area (Å²) in [7, 11) is 0. The molecule has 0 bridgehead atoms. The lowest BCUT2D eigenvalue weighted by Gasteiger charge is -2.37. The van der Waals surface area contributed by atoms with E-state index in [4.69, 9.17) is 0 Å². The third kappa shape index (κ3) is 2.14. The number of allylic oxidation sites excluding steroid dienone is 2. The number of piperidine rings is 1. The van der Waals surface area contributed by atoms with Gasteiger partial charge in [-0.15, -0.1) is 0 Å². The first kappa shape index (κ1) is 9.26. The number of hydrogen-bond acceptors (Lipinski definition) is 1. The van der Waals surface area contributed by atoms with Gasteiger partial charge in [-0.25, -0.2) is 0 Å². The van der Waals surface area contributed by atoms with E-state index < -0.39 is 0 Å². The fraction of sp³-hybridized carbons (Fsp3) is 0.833. The second-order valence-corrected chi connectivity index (χ2v) is 4.84. The van der Waals surface area contributed by atoms with Gasteiger partial charge in [0, 0.05) is 0 Å². The van der Waals surface area contributed by atoms with Crippen LogP contribution in [-0.4, -0.2) is 13.1 Å². The molecular weight excluding hydrogens is 158 g/mol. The largest absolute Gasteiger partial charge is 0.317 e. The van der Waals surface area contributed by atoms with Gasteiger partial charge in [0.2, 0.25) is 0 Å². The van der Waals surface area contributed by atoms with Gasteiger partial charge in [-0.2, -0.15) is 0 Å². The average Bonchev–Trinajstić information content (AvgIpc) is 2.32. The lowest BCUT2D eigenvalue weighted by molar-refractivity contribution is 0.174. The monoisotopic (exact) mass is 179 g/mol. The molecule has 1 saturated heterocycles. The van der Waals surface area contributed by atoms with Crippen molar-refractivity contribution in [2.45, 2.75) is 45.4 Å². The first-order valence-electron chi connectivity index (χ1n) is 5.67. The van der Waals surface area contributed by atoms with Crippen LogP contribution in [0.5, 0.6) is 0 Å². The SMILES string of the molecule is CC1=CCCC2(CCNCC2)CC1. The van der Waals surface area contributed by atoms with Crippen molar-refractivity contribution in [3.05, 3.63) is 11.6 Å². The first-order chi connectivity index (χ1) is 6.31. The van der Waals surface area contributed by atoms with Gasteiger partial charge in [-0.3, -0.25) is 0 Å². The van der Waals surface area contributed by atoms with E-state index in [0.717, 1.165) is 0 Å². The molecule has 1 nitrogen and oxygen atoms in total. The third-order valence-electron chi connectivity index (χ3n) is 3.88. The summed E-state index contributed by atoms with van der Waals surface area (Å²) in [6, 6.07) is 0. The van der Waals surface area contributed by atoms with E-state index in [-0.39, 0.29) is 0 Å². The average molecular weight is 179 g/mol. The third-order valence-corrected chi connectivity index (χ3v) is 3.88. The minimum Gasteiger partial charge on any atom is -0.317 e. The summed E-state index contributed by atoms with van der Waals surface area (Å²) in [5, 5.41) is 3.47. The van der Waals surface area contributed by atoms with Gasteiger partial charge in [0.25, 0.3) is 0 Å². The molecule has 0 atom stereocenters. The molecule has 1 aliphatic carbocycles. The van der Waals surface area contributed by atoms with E-state index >= 15 is 0 Å². The molecular formula is C12H21N. The van der Waals surface area contributed by atoms with Gasteiger partial charge in [-0.05, 0) is 64.0 Å². The second-order valence-electron chi connectivity index (χ2n) is 4.84. The van der Waals surface area contributed by atoms with Crippen LogP contribution in [0.4, 0.5) is 0 Å². The van der Waals surface area contributed by atoms with Gasteiger partial charge in [0.15, 0.2) is 0 Å². The van der Waals surface area contributed by atoms with Crippen molar-refractivity contribution in [2.75, 3.05) is 13.1 Å². The summed E-state index contributed by atoms with van der Waals surface area (Å²) in [6.07, 6.45) is 10.8. The summed E-state index contributed by atoms with van der Waals surface area (Å²) in [4.78, 5) is 0. The fourth-order valence-electron chi connectivity index (χ4n) is 2.77. The molecule has 0 saturated carbocycles. The normalized spacial score (nSPS) is 28.2. The Hall–Kier alpha value is -0.300. The van der Waals surface area contributed by atoms with Gasteiger partial charge >= 0.3 is 0 Å². The van der Waals surface area contributed by atoms with Crippen molar-refractivity contribution in [1.82, 2.24) is 5.32 Å². The Morgan fingerprint density at radius 1 is 1.15 bits per heavy atom. The van der Waals surface area contributed by atoms with Crippen LogP contribution >= 0.6 is 0 Å². The zero-order valence-corrected chi connectivity index (χ0v) is 8.73. The molecule has 0 aromatic heterocycles. The van der Waals surface area contributed by atoms with E-state index in [2.05, 4.69) is 18.3 Å².